The maximum atomic E-state index is 11.7. The number of methoxy groups -OCH3 is 1. The Morgan fingerprint density at radius 3 is 2.79 bits per heavy atom. The molecule has 0 aliphatic carbocycles. The highest BCUT2D eigenvalue weighted by Gasteiger charge is 2.34. The number of amides is 1. The van der Waals surface area contributed by atoms with Crippen LogP contribution < -0.4 is 9.80 Å². The largest absolute Gasteiger partial charge is 0.380 e. The van der Waals surface area contributed by atoms with Crippen LogP contribution in [-0.4, -0.2) is 45.0 Å². The summed E-state index contributed by atoms with van der Waals surface area (Å²) in [6.45, 7) is 1.78. The quantitative estimate of drug-likeness (QED) is 0.746. The molecule has 2 heterocycles. The van der Waals surface area contributed by atoms with Gasteiger partial charge < -0.3 is 14.5 Å². The van der Waals surface area contributed by atoms with Crippen molar-refractivity contribution in [1.29, 1.82) is 0 Å². The van der Waals surface area contributed by atoms with Gasteiger partial charge in [-0.3, -0.25) is 9.59 Å². The predicted molar refractivity (Wildman–Crippen MR) is 71.8 cm³/mol. The van der Waals surface area contributed by atoms with Gasteiger partial charge in [-0.15, -0.1) is 0 Å². The van der Waals surface area contributed by atoms with E-state index in [0.29, 0.717) is 11.3 Å². The minimum absolute atomic E-state index is 0.259. The first-order valence-electron chi connectivity index (χ1n) is 6.36. The number of hydrogen-bond donors (Lipinski definition) is 0. The highest BCUT2D eigenvalue weighted by molar-refractivity contribution is 6.52. The first-order chi connectivity index (χ1) is 9.11. The molecule has 0 aromatic heterocycles. The Morgan fingerprint density at radius 1 is 1.32 bits per heavy atom. The van der Waals surface area contributed by atoms with Crippen LogP contribution in [0.2, 0.25) is 0 Å². The van der Waals surface area contributed by atoms with Crippen LogP contribution in [0.25, 0.3) is 0 Å². The summed E-state index contributed by atoms with van der Waals surface area (Å²) in [5, 5.41) is 0. The highest BCUT2D eigenvalue weighted by Crippen LogP contribution is 2.33. The van der Waals surface area contributed by atoms with Crippen molar-refractivity contribution >= 4 is 23.1 Å². The van der Waals surface area contributed by atoms with Gasteiger partial charge in [0.1, 0.15) is 0 Å². The van der Waals surface area contributed by atoms with Gasteiger partial charge in [0.05, 0.1) is 17.4 Å². The van der Waals surface area contributed by atoms with Crippen molar-refractivity contribution in [2.45, 2.75) is 12.5 Å². The number of carbonyl (C=O) groups excluding carboxylic acids is 2. The number of rotatable bonds is 2. The van der Waals surface area contributed by atoms with Gasteiger partial charge in [0.2, 0.25) is 0 Å². The monoisotopic (exact) mass is 260 g/mol. The fourth-order valence-electron chi connectivity index (χ4n) is 2.72. The fourth-order valence-corrected chi connectivity index (χ4v) is 2.72. The van der Waals surface area contributed by atoms with Gasteiger partial charge in [0.15, 0.2) is 0 Å². The van der Waals surface area contributed by atoms with E-state index in [9.17, 15) is 9.59 Å². The Hall–Kier alpha value is -1.88. The normalized spacial score (nSPS) is 22.3. The molecule has 1 saturated heterocycles. The van der Waals surface area contributed by atoms with Gasteiger partial charge in [0, 0.05) is 32.9 Å². The molecule has 0 bridgehead atoms. The summed E-state index contributed by atoms with van der Waals surface area (Å²) in [6.07, 6.45) is 1.26. The Labute approximate surface area is 111 Å². The molecule has 5 nitrogen and oxygen atoms in total. The molecule has 0 saturated carbocycles. The summed E-state index contributed by atoms with van der Waals surface area (Å²) in [4.78, 5) is 27.0. The van der Waals surface area contributed by atoms with Crippen molar-refractivity contribution in [3.63, 3.8) is 0 Å². The first kappa shape index (κ1) is 12.2. The van der Waals surface area contributed by atoms with E-state index in [-0.39, 0.29) is 6.10 Å². The Bertz CT molecular complexity index is 556. The van der Waals surface area contributed by atoms with Gasteiger partial charge in [-0.1, -0.05) is 0 Å². The molecule has 1 unspecified atom stereocenters. The molecule has 100 valence electrons. The topological polar surface area (TPSA) is 49.9 Å². The molecule has 1 fully saturated rings. The molecule has 1 aromatic rings. The van der Waals surface area contributed by atoms with Crippen LogP contribution in [0.4, 0.5) is 11.4 Å². The number of benzene rings is 1. The van der Waals surface area contributed by atoms with Crippen molar-refractivity contribution in [1.82, 2.24) is 0 Å². The van der Waals surface area contributed by atoms with Gasteiger partial charge in [0.25, 0.3) is 11.7 Å². The second-order valence-electron chi connectivity index (χ2n) is 4.99. The lowest BCUT2D eigenvalue weighted by atomic mass is 10.1. The zero-order valence-electron chi connectivity index (χ0n) is 11.0. The third kappa shape index (κ3) is 1.81. The van der Waals surface area contributed by atoms with E-state index in [4.69, 9.17) is 4.74 Å². The molecular formula is C14H16N2O3. The Morgan fingerprint density at radius 2 is 2.11 bits per heavy atom. The van der Waals surface area contributed by atoms with Gasteiger partial charge in [-0.25, -0.2) is 0 Å². The van der Waals surface area contributed by atoms with Gasteiger partial charge >= 0.3 is 0 Å². The molecular weight excluding hydrogens is 244 g/mol. The minimum Gasteiger partial charge on any atom is -0.380 e. The number of Topliss-reactive ketones (excluding diaryl/α,β-unsaturated/α-hetero) is 1. The average molecular weight is 260 g/mol. The third-order valence-electron chi connectivity index (χ3n) is 3.93. The van der Waals surface area contributed by atoms with Crippen LogP contribution in [0.5, 0.6) is 0 Å². The molecule has 2 aliphatic heterocycles. The number of nitrogens with zero attached hydrogens (tertiary/aromatic N) is 2. The maximum Gasteiger partial charge on any atom is 0.299 e. The van der Waals surface area contributed by atoms with E-state index in [1.165, 1.54) is 4.90 Å². The van der Waals surface area contributed by atoms with Crippen LogP contribution in [0.15, 0.2) is 18.2 Å². The average Bonchev–Trinajstić information content (AvgIpc) is 2.99. The third-order valence-corrected chi connectivity index (χ3v) is 3.93. The number of fused-ring (bicyclic) bond motifs is 1. The lowest BCUT2D eigenvalue weighted by Gasteiger charge is -2.20. The number of likely N-dealkylation sites (N-methyl/N-ethyl adjacent to an activating group) is 1. The van der Waals surface area contributed by atoms with E-state index < -0.39 is 11.7 Å². The Kier molecular flexibility index (Phi) is 2.78. The van der Waals surface area contributed by atoms with Crippen molar-refractivity contribution < 1.29 is 14.3 Å². The number of hydrogen-bond acceptors (Lipinski definition) is 4. The lowest BCUT2D eigenvalue weighted by Crippen LogP contribution is -2.25. The van der Waals surface area contributed by atoms with E-state index in [1.807, 2.05) is 12.1 Å². The smallest absolute Gasteiger partial charge is 0.299 e. The molecule has 5 heteroatoms. The zero-order chi connectivity index (χ0) is 13.6. The Balaban J connectivity index is 1.91. The molecule has 1 aromatic carbocycles. The van der Waals surface area contributed by atoms with Crippen molar-refractivity contribution in [3.8, 4) is 0 Å². The second-order valence-corrected chi connectivity index (χ2v) is 4.99. The van der Waals surface area contributed by atoms with Gasteiger partial charge in [-0.2, -0.15) is 0 Å². The van der Waals surface area contributed by atoms with E-state index >= 15 is 0 Å². The molecule has 19 heavy (non-hydrogen) atoms. The number of carbonyl (C=O) groups is 2. The summed E-state index contributed by atoms with van der Waals surface area (Å²) in [5.74, 6) is -0.872. The molecule has 1 atom stereocenters. The predicted octanol–water partition coefficient (Wildman–Crippen LogP) is 1.07. The molecule has 0 spiro atoms. The number of ketones is 1. The zero-order valence-corrected chi connectivity index (χ0v) is 11.0. The molecule has 2 aliphatic rings. The van der Waals surface area contributed by atoms with Crippen LogP contribution in [0.1, 0.15) is 16.8 Å². The molecule has 3 rings (SSSR count). The molecule has 0 N–H and O–H groups in total. The summed E-state index contributed by atoms with van der Waals surface area (Å²) in [6, 6.07) is 5.56. The van der Waals surface area contributed by atoms with Crippen LogP contribution >= 0.6 is 0 Å². The molecule has 0 radical (unpaired) electrons. The second kappa shape index (κ2) is 4.35. The summed E-state index contributed by atoms with van der Waals surface area (Å²) < 4.78 is 5.35. The summed E-state index contributed by atoms with van der Waals surface area (Å²) in [7, 11) is 3.36. The van der Waals surface area contributed by atoms with E-state index in [2.05, 4.69) is 4.90 Å². The van der Waals surface area contributed by atoms with Gasteiger partial charge in [-0.05, 0) is 24.6 Å². The minimum atomic E-state index is -0.455. The number of ether oxygens (including phenoxy) is 1. The first-order valence-corrected chi connectivity index (χ1v) is 6.36. The SMILES string of the molecule is COC1CCN(c2ccc3c(c2)N(C)C(=O)C3=O)C1. The standard InChI is InChI=1S/C14H16N2O3/c1-15-12-7-9(16-6-5-10(8-16)19-2)3-4-11(12)13(17)14(15)18/h3-4,7,10H,5-6,8H2,1-2H3. The highest BCUT2D eigenvalue weighted by atomic mass is 16.5. The maximum absolute atomic E-state index is 11.7. The van der Waals surface area contributed by atoms with Crippen molar-refractivity contribution in [2.24, 2.45) is 0 Å². The number of anilines is 2. The summed E-state index contributed by atoms with van der Waals surface area (Å²) >= 11 is 0. The van der Waals surface area contributed by atoms with E-state index in [0.717, 1.165) is 25.2 Å². The summed E-state index contributed by atoms with van der Waals surface area (Å²) in [5.41, 5.74) is 2.24. The van der Waals surface area contributed by atoms with Crippen molar-refractivity contribution in [3.05, 3.63) is 23.8 Å². The fraction of sp³-hybridized carbons (Fsp3) is 0.429. The van der Waals surface area contributed by atoms with E-state index in [1.54, 1.807) is 20.2 Å². The lowest BCUT2D eigenvalue weighted by molar-refractivity contribution is -0.114. The van der Waals surface area contributed by atoms with Crippen molar-refractivity contribution in [2.75, 3.05) is 37.0 Å². The van der Waals surface area contributed by atoms with Crippen LogP contribution in [0, 0.1) is 0 Å². The van der Waals surface area contributed by atoms with Crippen LogP contribution in [0.3, 0.4) is 0 Å². The van der Waals surface area contributed by atoms with Crippen LogP contribution in [-0.2, 0) is 9.53 Å². The molecule has 1 amide bonds.